The zero-order valence-corrected chi connectivity index (χ0v) is 16.0. The van der Waals surface area contributed by atoms with E-state index in [-0.39, 0.29) is 11.4 Å². The molecule has 0 unspecified atom stereocenters. The fraction of sp³-hybridized carbons (Fsp3) is 0.167. The number of aromatic nitrogens is 3. The van der Waals surface area contributed by atoms with Gasteiger partial charge in [-0.1, -0.05) is 0 Å². The third kappa shape index (κ3) is 4.41. The maximum atomic E-state index is 13.0. The molecule has 0 spiro atoms. The molecule has 2 aromatic carbocycles. The molecule has 2 N–H and O–H groups in total. The van der Waals surface area contributed by atoms with Crippen molar-refractivity contribution in [3.05, 3.63) is 60.2 Å². The van der Waals surface area contributed by atoms with Gasteiger partial charge in [0.2, 0.25) is 15.9 Å². The Balaban J connectivity index is 1.64. The molecule has 0 aliphatic carbocycles. The summed E-state index contributed by atoms with van der Waals surface area (Å²) in [6.07, 6.45) is 0. The molecule has 1 aromatic heterocycles. The molecule has 0 saturated heterocycles. The van der Waals surface area contributed by atoms with E-state index in [4.69, 9.17) is 0 Å². The number of carbonyl (C=O) groups excluding carboxylic acids is 1. The summed E-state index contributed by atoms with van der Waals surface area (Å²) in [5.41, 5.74) is 1.28. The minimum absolute atomic E-state index is 0.0876. The number of anilines is 1. The van der Waals surface area contributed by atoms with Crippen LogP contribution in [0.4, 0.5) is 10.1 Å². The number of aromatic amines is 1. The average molecular weight is 403 g/mol. The van der Waals surface area contributed by atoms with E-state index in [9.17, 15) is 17.6 Å². The Hall–Kier alpha value is -3.11. The van der Waals surface area contributed by atoms with Crippen LogP contribution in [0, 0.1) is 12.7 Å². The first kappa shape index (κ1) is 19.6. The van der Waals surface area contributed by atoms with Crippen LogP contribution >= 0.6 is 0 Å². The fourth-order valence-corrected chi connectivity index (χ4v) is 3.58. The average Bonchev–Trinajstić information content (AvgIpc) is 3.09. The summed E-state index contributed by atoms with van der Waals surface area (Å²) in [7, 11) is -2.61. The molecular weight excluding hydrogens is 385 g/mol. The summed E-state index contributed by atoms with van der Waals surface area (Å²) < 4.78 is 38.8. The number of benzene rings is 2. The molecule has 0 aliphatic rings. The largest absolute Gasteiger partial charge is 0.325 e. The second-order valence-corrected chi connectivity index (χ2v) is 8.13. The number of hydrogen-bond acceptors (Lipinski definition) is 5. The van der Waals surface area contributed by atoms with Gasteiger partial charge in [0.25, 0.3) is 0 Å². The van der Waals surface area contributed by atoms with Gasteiger partial charge < -0.3 is 5.32 Å². The van der Waals surface area contributed by atoms with E-state index in [1.807, 2.05) is 0 Å². The highest BCUT2D eigenvalue weighted by Crippen LogP contribution is 2.18. The predicted octanol–water partition coefficient (Wildman–Crippen LogP) is 2.18. The topological polar surface area (TPSA) is 108 Å². The van der Waals surface area contributed by atoms with Crippen LogP contribution in [0.5, 0.6) is 0 Å². The minimum Gasteiger partial charge on any atom is -0.325 e. The molecule has 0 atom stereocenters. The summed E-state index contributed by atoms with van der Waals surface area (Å²) in [5.74, 6) is 0.191. The van der Waals surface area contributed by atoms with E-state index >= 15 is 0 Å². The molecule has 146 valence electrons. The van der Waals surface area contributed by atoms with Crippen molar-refractivity contribution in [1.82, 2.24) is 19.5 Å². The van der Waals surface area contributed by atoms with E-state index in [1.165, 1.54) is 7.05 Å². The quantitative estimate of drug-likeness (QED) is 0.656. The highest BCUT2D eigenvalue weighted by molar-refractivity contribution is 7.89. The van der Waals surface area contributed by atoms with Crippen molar-refractivity contribution in [2.24, 2.45) is 0 Å². The lowest BCUT2D eigenvalue weighted by atomic mass is 10.2. The second kappa shape index (κ2) is 7.87. The van der Waals surface area contributed by atoms with Crippen LogP contribution in [-0.2, 0) is 14.8 Å². The van der Waals surface area contributed by atoms with Gasteiger partial charge in [0, 0.05) is 18.3 Å². The van der Waals surface area contributed by atoms with E-state index in [2.05, 4.69) is 20.5 Å². The van der Waals surface area contributed by atoms with Crippen molar-refractivity contribution in [2.75, 3.05) is 18.9 Å². The first-order chi connectivity index (χ1) is 13.3. The van der Waals surface area contributed by atoms with Crippen LogP contribution in [0.2, 0.25) is 0 Å². The monoisotopic (exact) mass is 403 g/mol. The van der Waals surface area contributed by atoms with E-state index < -0.39 is 21.7 Å². The van der Waals surface area contributed by atoms with Crippen molar-refractivity contribution in [2.45, 2.75) is 11.8 Å². The number of likely N-dealkylation sites (N-methyl/N-ethyl adjacent to an activating group) is 1. The first-order valence-corrected chi connectivity index (χ1v) is 9.71. The summed E-state index contributed by atoms with van der Waals surface area (Å²) in [5, 5.41) is 9.44. The van der Waals surface area contributed by atoms with E-state index in [1.54, 1.807) is 31.2 Å². The maximum absolute atomic E-state index is 13.0. The van der Waals surface area contributed by atoms with Gasteiger partial charge in [0.1, 0.15) is 11.6 Å². The highest BCUT2D eigenvalue weighted by atomic mass is 32.2. The maximum Gasteiger partial charge on any atom is 0.243 e. The second-order valence-electron chi connectivity index (χ2n) is 6.08. The zero-order valence-electron chi connectivity index (χ0n) is 15.2. The molecule has 1 heterocycles. The van der Waals surface area contributed by atoms with Crippen LogP contribution in [0.3, 0.4) is 0 Å². The minimum atomic E-state index is -3.90. The van der Waals surface area contributed by atoms with Gasteiger partial charge in [-0.2, -0.15) is 9.40 Å². The van der Waals surface area contributed by atoms with E-state index in [0.717, 1.165) is 34.1 Å². The third-order valence-electron chi connectivity index (χ3n) is 3.91. The smallest absolute Gasteiger partial charge is 0.243 e. The van der Waals surface area contributed by atoms with E-state index in [0.29, 0.717) is 17.3 Å². The van der Waals surface area contributed by atoms with Crippen molar-refractivity contribution >= 4 is 21.6 Å². The molecule has 0 aliphatic heterocycles. The fourth-order valence-electron chi connectivity index (χ4n) is 2.45. The number of sulfonamides is 1. The van der Waals surface area contributed by atoms with Gasteiger partial charge in [-0.05, 0) is 55.5 Å². The van der Waals surface area contributed by atoms with Crippen LogP contribution in [-0.4, -0.2) is 47.4 Å². The van der Waals surface area contributed by atoms with Crippen molar-refractivity contribution in [1.29, 1.82) is 0 Å². The molecule has 8 nitrogen and oxygen atoms in total. The summed E-state index contributed by atoms with van der Waals surface area (Å²) >= 11 is 0. The Labute approximate surface area is 161 Å². The van der Waals surface area contributed by atoms with Crippen LogP contribution in [0.15, 0.2) is 53.4 Å². The Morgan fingerprint density at radius 1 is 1.14 bits per heavy atom. The van der Waals surface area contributed by atoms with Gasteiger partial charge in [-0.15, -0.1) is 0 Å². The Kier molecular flexibility index (Phi) is 5.52. The van der Waals surface area contributed by atoms with Gasteiger partial charge in [0.05, 0.1) is 11.4 Å². The molecule has 3 rings (SSSR count). The zero-order chi connectivity index (χ0) is 20.3. The van der Waals surface area contributed by atoms with Crippen molar-refractivity contribution < 1.29 is 17.6 Å². The molecule has 0 bridgehead atoms. The molecule has 0 saturated carbocycles. The number of rotatable bonds is 6. The number of carbonyl (C=O) groups is 1. The Morgan fingerprint density at radius 3 is 2.36 bits per heavy atom. The lowest BCUT2D eigenvalue weighted by molar-refractivity contribution is -0.116. The van der Waals surface area contributed by atoms with Crippen molar-refractivity contribution in [3.63, 3.8) is 0 Å². The molecule has 0 fully saturated rings. The first-order valence-electron chi connectivity index (χ1n) is 8.27. The lowest BCUT2D eigenvalue weighted by Crippen LogP contribution is -2.34. The van der Waals surface area contributed by atoms with Crippen LogP contribution in [0.1, 0.15) is 5.82 Å². The molecule has 1 amide bonds. The third-order valence-corrected chi connectivity index (χ3v) is 5.73. The number of H-pyrrole nitrogens is 1. The predicted molar refractivity (Wildman–Crippen MR) is 101 cm³/mol. The number of nitrogens with one attached hydrogen (secondary N) is 2. The summed E-state index contributed by atoms with van der Waals surface area (Å²) in [4.78, 5) is 16.3. The van der Waals surface area contributed by atoms with Gasteiger partial charge in [-0.25, -0.2) is 17.8 Å². The van der Waals surface area contributed by atoms with Crippen molar-refractivity contribution in [3.8, 4) is 11.4 Å². The lowest BCUT2D eigenvalue weighted by Gasteiger charge is -2.17. The number of halogens is 1. The molecular formula is C18H18FN5O3S. The summed E-state index contributed by atoms with van der Waals surface area (Å²) in [6, 6.07) is 11.3. The van der Waals surface area contributed by atoms with Gasteiger partial charge in [-0.3, -0.25) is 9.89 Å². The van der Waals surface area contributed by atoms with Gasteiger partial charge >= 0.3 is 0 Å². The van der Waals surface area contributed by atoms with Crippen LogP contribution < -0.4 is 5.32 Å². The number of nitrogens with zero attached hydrogens (tertiary/aromatic N) is 3. The Bertz CT molecular complexity index is 1080. The number of aryl methyl sites for hydroxylation is 1. The van der Waals surface area contributed by atoms with Crippen LogP contribution in [0.25, 0.3) is 11.4 Å². The molecule has 28 heavy (non-hydrogen) atoms. The molecule has 0 radical (unpaired) electrons. The van der Waals surface area contributed by atoms with Gasteiger partial charge in [0.15, 0.2) is 5.82 Å². The normalized spacial score (nSPS) is 11.6. The SMILES string of the molecule is Cc1nc(-c2ccc(NC(=O)CN(C)S(=O)(=O)c3ccc(F)cc3)cc2)n[nH]1. The molecule has 3 aromatic rings. The summed E-state index contributed by atoms with van der Waals surface area (Å²) in [6.45, 7) is 1.41. The Morgan fingerprint density at radius 2 is 1.79 bits per heavy atom. The highest BCUT2D eigenvalue weighted by Gasteiger charge is 2.23. The standard InChI is InChI=1S/C18H18FN5O3S/c1-12-20-18(23-22-12)13-3-7-15(8-4-13)21-17(25)11-24(2)28(26,27)16-9-5-14(19)6-10-16/h3-10H,11H2,1-2H3,(H,21,25)(H,20,22,23). The number of amides is 1. The molecule has 10 heteroatoms. The number of hydrogen-bond donors (Lipinski definition) is 2.